The summed E-state index contributed by atoms with van der Waals surface area (Å²) in [5.74, 6) is -1.98. The number of rotatable bonds is 8. The quantitative estimate of drug-likeness (QED) is 0.410. The van der Waals surface area contributed by atoms with E-state index in [1.54, 1.807) is 0 Å². The molecule has 6 nitrogen and oxygen atoms in total. The van der Waals surface area contributed by atoms with Crippen molar-refractivity contribution in [1.82, 2.24) is 0 Å². The van der Waals surface area contributed by atoms with E-state index in [4.69, 9.17) is 10.2 Å². The average molecular weight is 220 g/mol. The van der Waals surface area contributed by atoms with Crippen LogP contribution in [-0.4, -0.2) is 51.6 Å². The molecule has 0 amide bonds. The molecular weight excluding hydrogens is 202 g/mol. The van der Waals surface area contributed by atoms with Gasteiger partial charge in [0, 0.05) is 0 Å². The molecule has 0 heterocycles. The predicted octanol–water partition coefficient (Wildman–Crippen LogP) is 0.552. The first-order valence-corrected chi connectivity index (χ1v) is 4.92. The average Bonchev–Trinajstić information content (AvgIpc) is 2.13. The van der Waals surface area contributed by atoms with Gasteiger partial charge in [-0.1, -0.05) is 6.92 Å². The summed E-state index contributed by atoms with van der Waals surface area (Å²) in [4.78, 5) is 20.7. The van der Waals surface area contributed by atoms with Crippen molar-refractivity contribution in [2.24, 2.45) is 0 Å². The van der Waals surface area contributed by atoms with Crippen molar-refractivity contribution < 1.29 is 29.7 Å². The second-order valence-electron chi connectivity index (χ2n) is 3.55. The van der Waals surface area contributed by atoms with E-state index in [0.29, 0.717) is 13.0 Å². The summed E-state index contributed by atoms with van der Waals surface area (Å²) >= 11 is 0. The number of hydrogen-bond donors (Lipinski definition) is 3. The molecule has 0 saturated heterocycles. The third-order valence-corrected chi connectivity index (χ3v) is 2.12. The van der Waals surface area contributed by atoms with Crippen LogP contribution in [0.5, 0.6) is 0 Å². The van der Waals surface area contributed by atoms with Gasteiger partial charge in [0.25, 0.3) is 0 Å². The Bertz CT molecular complexity index is 211. The molecule has 0 radical (unpaired) electrons. The molecule has 0 aliphatic carbocycles. The molecule has 0 atom stereocenters. The molecule has 0 aromatic rings. The zero-order chi connectivity index (χ0) is 11.9. The fraction of sp³-hybridized carbons (Fsp3) is 0.778. The number of hydrogen-bond acceptors (Lipinski definition) is 3. The molecule has 15 heavy (non-hydrogen) atoms. The van der Waals surface area contributed by atoms with Crippen molar-refractivity contribution >= 4 is 11.9 Å². The summed E-state index contributed by atoms with van der Waals surface area (Å²) in [5, 5.41) is 26.9. The Hall–Kier alpha value is -1.14. The minimum absolute atomic E-state index is 0.0520. The molecule has 0 unspecified atom stereocenters. The van der Waals surface area contributed by atoms with Crippen molar-refractivity contribution in [3.05, 3.63) is 0 Å². The molecule has 0 spiro atoms. The molecule has 6 heteroatoms. The minimum atomic E-state index is -0.988. The van der Waals surface area contributed by atoms with Gasteiger partial charge in [0.2, 0.25) is 0 Å². The van der Waals surface area contributed by atoms with Gasteiger partial charge in [-0.25, -0.2) is 5.21 Å². The van der Waals surface area contributed by atoms with Gasteiger partial charge in [-0.05, 0) is 6.42 Å². The number of carboxylic acids is 2. The van der Waals surface area contributed by atoms with Crippen LogP contribution in [0.3, 0.4) is 0 Å². The van der Waals surface area contributed by atoms with Gasteiger partial charge < -0.3 is 10.2 Å². The zero-order valence-corrected chi connectivity index (χ0v) is 8.85. The van der Waals surface area contributed by atoms with E-state index in [0.717, 1.165) is 0 Å². The van der Waals surface area contributed by atoms with Gasteiger partial charge in [0.1, 0.15) is 19.6 Å². The van der Waals surface area contributed by atoms with E-state index >= 15 is 0 Å². The second-order valence-corrected chi connectivity index (χ2v) is 3.55. The second kappa shape index (κ2) is 6.36. The first kappa shape index (κ1) is 13.9. The Kier molecular flexibility index (Phi) is 5.88. The van der Waals surface area contributed by atoms with E-state index in [9.17, 15) is 14.8 Å². The van der Waals surface area contributed by atoms with Crippen LogP contribution in [0.25, 0.3) is 0 Å². The van der Waals surface area contributed by atoms with Crippen molar-refractivity contribution in [1.29, 1.82) is 0 Å². The highest BCUT2D eigenvalue weighted by atomic mass is 16.5. The predicted molar refractivity (Wildman–Crippen MR) is 51.4 cm³/mol. The Morgan fingerprint density at radius 2 is 1.40 bits per heavy atom. The molecule has 0 fully saturated rings. The molecule has 0 aromatic carbocycles. The number of aliphatic carboxylic acids is 2. The maximum absolute atomic E-state index is 10.4. The molecular formula is C9H18NO5+. The monoisotopic (exact) mass is 220 g/mol. The molecule has 0 bridgehead atoms. The summed E-state index contributed by atoms with van der Waals surface area (Å²) in [5.41, 5.74) is 0. The standard InChI is InChI=1S/C9H17NO5/c1-2-5-10(15,6-3-8(11)12)7-4-9(13)14/h15H,2-7H2,1H3,(H-,11,12,13,14)/p+1. The van der Waals surface area contributed by atoms with Gasteiger partial charge in [-0.3, -0.25) is 9.59 Å². The lowest BCUT2D eigenvalue weighted by atomic mass is 10.3. The van der Waals surface area contributed by atoms with Crippen molar-refractivity contribution in [2.45, 2.75) is 26.2 Å². The fourth-order valence-electron chi connectivity index (χ4n) is 1.36. The Morgan fingerprint density at radius 3 is 1.67 bits per heavy atom. The molecule has 0 rings (SSSR count). The summed E-state index contributed by atoms with van der Waals surface area (Å²) in [6.45, 7) is 2.33. The third kappa shape index (κ3) is 6.87. The molecule has 0 aliphatic rings. The van der Waals surface area contributed by atoms with Crippen LogP contribution in [0.1, 0.15) is 26.2 Å². The van der Waals surface area contributed by atoms with Crippen LogP contribution in [0.15, 0.2) is 0 Å². The number of carbonyl (C=O) groups is 2. The summed E-state index contributed by atoms with van der Waals surface area (Å²) < 4.78 is -0.477. The highest BCUT2D eigenvalue weighted by Crippen LogP contribution is 2.07. The van der Waals surface area contributed by atoms with Crippen LogP contribution >= 0.6 is 0 Å². The van der Waals surface area contributed by atoms with Crippen LogP contribution in [-0.2, 0) is 9.59 Å². The Morgan fingerprint density at radius 1 is 1.00 bits per heavy atom. The third-order valence-electron chi connectivity index (χ3n) is 2.12. The first-order chi connectivity index (χ1) is 6.89. The molecule has 0 saturated carbocycles. The van der Waals surface area contributed by atoms with Gasteiger partial charge >= 0.3 is 11.9 Å². The number of nitrogens with zero attached hydrogens (tertiary/aromatic N) is 1. The molecule has 0 aromatic heterocycles. The lowest BCUT2D eigenvalue weighted by Crippen LogP contribution is -2.48. The summed E-state index contributed by atoms with van der Waals surface area (Å²) in [7, 11) is 0. The summed E-state index contributed by atoms with van der Waals surface area (Å²) in [6, 6.07) is 0. The Labute approximate surface area is 88.3 Å². The molecule has 88 valence electrons. The fourth-order valence-corrected chi connectivity index (χ4v) is 1.36. The van der Waals surface area contributed by atoms with E-state index in [-0.39, 0.29) is 25.9 Å². The topological polar surface area (TPSA) is 94.8 Å². The number of quaternary nitrogens is 1. The van der Waals surface area contributed by atoms with Crippen molar-refractivity contribution in [3.63, 3.8) is 0 Å². The van der Waals surface area contributed by atoms with Crippen LogP contribution in [0.2, 0.25) is 0 Å². The maximum atomic E-state index is 10.4. The largest absolute Gasteiger partial charge is 0.481 e. The van der Waals surface area contributed by atoms with Crippen LogP contribution in [0, 0.1) is 0 Å². The van der Waals surface area contributed by atoms with Crippen LogP contribution in [0.4, 0.5) is 0 Å². The van der Waals surface area contributed by atoms with Gasteiger partial charge in [0.15, 0.2) is 0 Å². The molecule has 0 aliphatic heterocycles. The highest BCUT2D eigenvalue weighted by molar-refractivity contribution is 5.67. The van der Waals surface area contributed by atoms with Crippen LogP contribution < -0.4 is 0 Å². The van der Waals surface area contributed by atoms with Gasteiger partial charge in [0.05, 0.1) is 12.8 Å². The smallest absolute Gasteiger partial charge is 0.309 e. The van der Waals surface area contributed by atoms with Gasteiger partial charge in [-0.15, -0.1) is 0 Å². The lowest BCUT2D eigenvalue weighted by Gasteiger charge is -2.28. The lowest BCUT2D eigenvalue weighted by molar-refractivity contribution is -1.10. The summed E-state index contributed by atoms with van der Waals surface area (Å²) in [6.07, 6.45) is 0.363. The van der Waals surface area contributed by atoms with Crippen molar-refractivity contribution in [2.75, 3.05) is 19.6 Å². The highest BCUT2D eigenvalue weighted by Gasteiger charge is 2.26. The van der Waals surface area contributed by atoms with E-state index < -0.39 is 16.6 Å². The molecule has 3 N–H and O–H groups in total. The van der Waals surface area contributed by atoms with E-state index in [1.165, 1.54) is 0 Å². The Balaban J connectivity index is 4.17. The van der Waals surface area contributed by atoms with Gasteiger partial charge in [-0.2, -0.15) is 4.65 Å². The first-order valence-electron chi connectivity index (χ1n) is 4.92. The van der Waals surface area contributed by atoms with Crippen molar-refractivity contribution in [3.8, 4) is 0 Å². The number of hydroxylamine groups is 3. The SMILES string of the molecule is CCC[N+](O)(CCC(=O)O)CCC(=O)O. The van der Waals surface area contributed by atoms with E-state index in [1.807, 2.05) is 6.92 Å². The zero-order valence-electron chi connectivity index (χ0n) is 8.85. The number of carboxylic acid groups (broad SMARTS) is 2. The van der Waals surface area contributed by atoms with E-state index in [2.05, 4.69) is 0 Å². The minimum Gasteiger partial charge on any atom is -0.481 e. The maximum Gasteiger partial charge on any atom is 0.309 e. The normalized spacial score (nSPS) is 11.3.